The zero-order valence-corrected chi connectivity index (χ0v) is 14.5. The fraction of sp³-hybridized carbons (Fsp3) is 0.286. The lowest BCUT2D eigenvalue weighted by atomic mass is 10.2. The molecule has 0 aliphatic carbocycles. The number of nitrogens with zero attached hydrogens (tertiary/aromatic N) is 2. The van der Waals surface area contributed by atoms with Crippen LogP contribution in [0.3, 0.4) is 0 Å². The number of thioether (sulfide) groups is 1. The van der Waals surface area contributed by atoms with Crippen LogP contribution >= 0.6 is 46.0 Å². The van der Waals surface area contributed by atoms with Crippen molar-refractivity contribution in [2.75, 3.05) is 0 Å². The standard InChI is InChI=1S/C14H14ClIN2S/c1-3-11-13(16)14(15)18-12(17-11)8-19-10-6-4-5-9(2)7-10/h4-7H,3,8H2,1-2H3. The van der Waals surface area contributed by atoms with Crippen molar-refractivity contribution in [3.8, 4) is 0 Å². The molecule has 5 heteroatoms. The lowest BCUT2D eigenvalue weighted by Gasteiger charge is -2.07. The van der Waals surface area contributed by atoms with Crippen LogP contribution in [0.2, 0.25) is 5.15 Å². The molecule has 2 nitrogen and oxygen atoms in total. The largest absolute Gasteiger partial charge is 0.236 e. The Morgan fingerprint density at radius 2 is 2.11 bits per heavy atom. The van der Waals surface area contributed by atoms with Gasteiger partial charge in [-0.1, -0.05) is 36.2 Å². The minimum Gasteiger partial charge on any atom is -0.236 e. The fourth-order valence-electron chi connectivity index (χ4n) is 1.66. The van der Waals surface area contributed by atoms with Gasteiger partial charge in [0.25, 0.3) is 0 Å². The Hall–Kier alpha value is -0.330. The molecule has 0 atom stereocenters. The minimum atomic E-state index is 0.562. The lowest BCUT2D eigenvalue weighted by molar-refractivity contribution is 0.927. The van der Waals surface area contributed by atoms with Gasteiger partial charge >= 0.3 is 0 Å². The molecular formula is C14H14ClIN2S. The molecule has 0 spiro atoms. The molecule has 0 aliphatic heterocycles. The molecule has 0 saturated carbocycles. The fourth-order valence-corrected chi connectivity index (χ4v) is 3.36. The van der Waals surface area contributed by atoms with E-state index in [9.17, 15) is 0 Å². The third-order valence-corrected chi connectivity index (χ3v) is 5.33. The van der Waals surface area contributed by atoms with Crippen LogP contribution in [0.15, 0.2) is 29.2 Å². The molecule has 1 aromatic carbocycles. The summed E-state index contributed by atoms with van der Waals surface area (Å²) in [6.07, 6.45) is 0.878. The van der Waals surface area contributed by atoms with E-state index in [1.807, 2.05) is 0 Å². The first kappa shape index (κ1) is 15.1. The van der Waals surface area contributed by atoms with Crippen LogP contribution in [0.25, 0.3) is 0 Å². The first-order valence-electron chi connectivity index (χ1n) is 6.00. The molecule has 0 fully saturated rings. The Kier molecular flexibility index (Phi) is 5.47. The van der Waals surface area contributed by atoms with Gasteiger partial charge in [0.2, 0.25) is 0 Å². The van der Waals surface area contributed by atoms with Gasteiger partial charge in [-0.2, -0.15) is 0 Å². The highest BCUT2D eigenvalue weighted by atomic mass is 127. The predicted octanol–water partition coefficient (Wildman–Crippen LogP) is 4.90. The Labute approximate surface area is 136 Å². The second kappa shape index (κ2) is 6.90. The van der Waals surface area contributed by atoms with E-state index in [0.717, 1.165) is 27.3 Å². The van der Waals surface area contributed by atoms with E-state index in [0.29, 0.717) is 5.15 Å². The van der Waals surface area contributed by atoms with Gasteiger partial charge in [-0.15, -0.1) is 11.8 Å². The summed E-state index contributed by atoms with van der Waals surface area (Å²) in [6, 6.07) is 8.43. The van der Waals surface area contributed by atoms with Crippen molar-refractivity contribution in [2.24, 2.45) is 0 Å². The second-order valence-electron chi connectivity index (χ2n) is 4.15. The maximum atomic E-state index is 6.14. The summed E-state index contributed by atoms with van der Waals surface area (Å²) in [6.45, 7) is 4.18. The van der Waals surface area contributed by atoms with E-state index in [4.69, 9.17) is 11.6 Å². The van der Waals surface area contributed by atoms with Gasteiger partial charge in [0, 0.05) is 4.90 Å². The molecule has 0 radical (unpaired) electrons. The zero-order valence-electron chi connectivity index (χ0n) is 10.8. The highest BCUT2D eigenvalue weighted by Gasteiger charge is 2.09. The third kappa shape index (κ3) is 4.07. The first-order valence-corrected chi connectivity index (χ1v) is 8.44. The van der Waals surface area contributed by atoms with Crippen molar-refractivity contribution in [2.45, 2.75) is 30.9 Å². The molecule has 1 heterocycles. The van der Waals surface area contributed by atoms with Gasteiger partial charge < -0.3 is 0 Å². The minimum absolute atomic E-state index is 0.562. The van der Waals surface area contributed by atoms with Crippen LogP contribution in [0.5, 0.6) is 0 Å². The zero-order chi connectivity index (χ0) is 13.8. The number of benzene rings is 1. The quantitative estimate of drug-likeness (QED) is 0.412. The van der Waals surface area contributed by atoms with Gasteiger partial charge in [0.15, 0.2) is 0 Å². The van der Waals surface area contributed by atoms with Crippen LogP contribution in [0.4, 0.5) is 0 Å². The number of halogens is 2. The Morgan fingerprint density at radius 3 is 2.79 bits per heavy atom. The average Bonchev–Trinajstić information content (AvgIpc) is 2.40. The van der Waals surface area contributed by atoms with E-state index < -0.39 is 0 Å². The van der Waals surface area contributed by atoms with Crippen LogP contribution in [-0.4, -0.2) is 9.97 Å². The number of rotatable bonds is 4. The van der Waals surface area contributed by atoms with Gasteiger partial charge in [-0.3, -0.25) is 0 Å². The molecule has 0 saturated heterocycles. The predicted molar refractivity (Wildman–Crippen MR) is 89.9 cm³/mol. The molecule has 0 unspecified atom stereocenters. The van der Waals surface area contributed by atoms with Crippen molar-refractivity contribution in [1.82, 2.24) is 9.97 Å². The molecule has 19 heavy (non-hydrogen) atoms. The van der Waals surface area contributed by atoms with Gasteiger partial charge in [0.1, 0.15) is 11.0 Å². The van der Waals surface area contributed by atoms with Crippen LogP contribution in [-0.2, 0) is 12.2 Å². The number of hydrogen-bond donors (Lipinski definition) is 0. The Morgan fingerprint density at radius 1 is 1.32 bits per heavy atom. The van der Waals surface area contributed by atoms with Crippen molar-refractivity contribution in [3.63, 3.8) is 0 Å². The normalized spacial score (nSPS) is 10.7. The van der Waals surface area contributed by atoms with E-state index in [1.54, 1.807) is 11.8 Å². The lowest BCUT2D eigenvalue weighted by Crippen LogP contribution is -2.01. The van der Waals surface area contributed by atoms with Gasteiger partial charge in [-0.05, 0) is 48.1 Å². The number of aromatic nitrogens is 2. The smallest absolute Gasteiger partial charge is 0.146 e. The molecule has 0 N–H and O–H groups in total. The van der Waals surface area contributed by atoms with E-state index in [2.05, 4.69) is 70.7 Å². The Balaban J connectivity index is 2.13. The molecule has 0 aliphatic rings. The van der Waals surface area contributed by atoms with Gasteiger partial charge in [-0.25, -0.2) is 9.97 Å². The molecule has 0 amide bonds. The Bertz CT molecular complexity index is 590. The van der Waals surface area contributed by atoms with Crippen LogP contribution in [0.1, 0.15) is 24.0 Å². The second-order valence-corrected chi connectivity index (χ2v) is 6.64. The van der Waals surface area contributed by atoms with Crippen molar-refractivity contribution < 1.29 is 0 Å². The van der Waals surface area contributed by atoms with Crippen molar-refractivity contribution in [1.29, 1.82) is 0 Å². The molecule has 2 rings (SSSR count). The summed E-state index contributed by atoms with van der Waals surface area (Å²) < 4.78 is 0.964. The highest BCUT2D eigenvalue weighted by Crippen LogP contribution is 2.25. The molecule has 1 aromatic heterocycles. The molecule has 100 valence electrons. The van der Waals surface area contributed by atoms with Crippen molar-refractivity contribution in [3.05, 3.63) is 50.1 Å². The summed E-state index contributed by atoms with van der Waals surface area (Å²) in [5.41, 5.74) is 2.29. The number of aryl methyl sites for hydroxylation is 2. The average molecular weight is 405 g/mol. The summed E-state index contributed by atoms with van der Waals surface area (Å²) in [5, 5.41) is 0.562. The SMILES string of the molecule is CCc1nc(CSc2cccc(C)c2)nc(Cl)c1I. The number of hydrogen-bond acceptors (Lipinski definition) is 3. The highest BCUT2D eigenvalue weighted by molar-refractivity contribution is 14.1. The van der Waals surface area contributed by atoms with Gasteiger partial charge in [0.05, 0.1) is 15.0 Å². The summed E-state index contributed by atoms with van der Waals surface area (Å²) >= 11 is 10.1. The summed E-state index contributed by atoms with van der Waals surface area (Å²) in [4.78, 5) is 10.1. The molecule has 2 aromatic rings. The van der Waals surface area contributed by atoms with E-state index in [-0.39, 0.29) is 0 Å². The van der Waals surface area contributed by atoms with Crippen LogP contribution in [0, 0.1) is 10.5 Å². The topological polar surface area (TPSA) is 25.8 Å². The van der Waals surface area contributed by atoms with Crippen LogP contribution < -0.4 is 0 Å². The molecular weight excluding hydrogens is 391 g/mol. The maximum Gasteiger partial charge on any atom is 0.146 e. The summed E-state index contributed by atoms with van der Waals surface area (Å²) in [5.74, 6) is 1.54. The van der Waals surface area contributed by atoms with Crippen molar-refractivity contribution >= 4 is 46.0 Å². The van der Waals surface area contributed by atoms with E-state index >= 15 is 0 Å². The first-order chi connectivity index (χ1) is 9.10. The van der Waals surface area contributed by atoms with E-state index in [1.165, 1.54) is 10.5 Å². The monoisotopic (exact) mass is 404 g/mol. The third-order valence-electron chi connectivity index (χ3n) is 2.62. The maximum absolute atomic E-state index is 6.14. The summed E-state index contributed by atoms with van der Waals surface area (Å²) in [7, 11) is 0. The molecule has 0 bridgehead atoms.